The van der Waals surface area contributed by atoms with E-state index < -0.39 is 0 Å². The summed E-state index contributed by atoms with van der Waals surface area (Å²) in [5.74, 6) is 0.612. The number of carbonyl (C=O) groups is 1. The van der Waals surface area contributed by atoms with Gasteiger partial charge in [-0.25, -0.2) is 0 Å². The Morgan fingerprint density at radius 2 is 2.29 bits per heavy atom. The molecule has 2 rings (SSSR count). The third-order valence-electron chi connectivity index (χ3n) is 3.17. The molecule has 1 aromatic carbocycles. The van der Waals surface area contributed by atoms with Gasteiger partial charge in [0.2, 0.25) is 0 Å². The van der Waals surface area contributed by atoms with Crippen LogP contribution in [0.15, 0.2) is 24.3 Å². The molecule has 0 aliphatic carbocycles. The number of nitrogens with zero attached hydrogens (tertiary/aromatic N) is 1. The number of hydrogen-bond donors (Lipinski definition) is 1. The minimum atomic E-state index is 0.0502. The number of halogens is 1. The van der Waals surface area contributed by atoms with Crippen molar-refractivity contribution in [2.24, 2.45) is 5.92 Å². The standard InChI is InChI=1S/C13H17ClN2O/c1-15-8-10-6-7-16(9-10)13(17)11-4-2-3-5-12(11)14/h2-5,10,15H,6-9H2,1H3/t10-/m0/s1. The summed E-state index contributed by atoms with van der Waals surface area (Å²) >= 11 is 6.04. The largest absolute Gasteiger partial charge is 0.338 e. The van der Waals surface area contributed by atoms with Crippen LogP contribution in [-0.2, 0) is 0 Å². The summed E-state index contributed by atoms with van der Waals surface area (Å²) in [4.78, 5) is 14.1. The zero-order valence-electron chi connectivity index (χ0n) is 9.95. The lowest BCUT2D eigenvalue weighted by molar-refractivity contribution is 0.0787. The predicted octanol–water partition coefficient (Wildman–Crippen LogP) is 2.02. The summed E-state index contributed by atoms with van der Waals surface area (Å²) in [6, 6.07) is 7.24. The lowest BCUT2D eigenvalue weighted by Crippen LogP contribution is -2.30. The van der Waals surface area contributed by atoms with Crippen molar-refractivity contribution in [3.8, 4) is 0 Å². The van der Waals surface area contributed by atoms with Crippen LogP contribution in [0, 0.1) is 5.92 Å². The Hall–Kier alpha value is -1.06. The van der Waals surface area contributed by atoms with Crippen LogP contribution in [0.3, 0.4) is 0 Å². The van der Waals surface area contributed by atoms with Gasteiger partial charge in [-0.3, -0.25) is 4.79 Å². The fourth-order valence-electron chi connectivity index (χ4n) is 2.28. The Morgan fingerprint density at radius 3 is 3.00 bits per heavy atom. The number of hydrogen-bond acceptors (Lipinski definition) is 2. The highest BCUT2D eigenvalue weighted by Crippen LogP contribution is 2.22. The van der Waals surface area contributed by atoms with Gasteiger partial charge in [-0.15, -0.1) is 0 Å². The maximum absolute atomic E-state index is 12.2. The molecule has 0 radical (unpaired) electrons. The van der Waals surface area contributed by atoms with Crippen LogP contribution in [0.25, 0.3) is 0 Å². The normalized spacial score (nSPS) is 19.6. The van der Waals surface area contributed by atoms with Crippen LogP contribution in [0.1, 0.15) is 16.8 Å². The molecule has 92 valence electrons. The van der Waals surface area contributed by atoms with Crippen LogP contribution in [0.2, 0.25) is 5.02 Å². The number of amides is 1. The van der Waals surface area contributed by atoms with Crippen molar-refractivity contribution in [1.82, 2.24) is 10.2 Å². The number of rotatable bonds is 3. The van der Waals surface area contributed by atoms with Crippen molar-refractivity contribution in [2.75, 3.05) is 26.7 Å². The first kappa shape index (κ1) is 12.4. The molecule has 0 unspecified atom stereocenters. The smallest absolute Gasteiger partial charge is 0.255 e. The summed E-state index contributed by atoms with van der Waals surface area (Å²) in [6.45, 7) is 2.62. The molecule has 1 atom stereocenters. The van der Waals surface area contributed by atoms with E-state index in [9.17, 15) is 4.79 Å². The van der Waals surface area contributed by atoms with Crippen LogP contribution < -0.4 is 5.32 Å². The van der Waals surface area contributed by atoms with Crippen molar-refractivity contribution in [1.29, 1.82) is 0 Å². The lowest BCUT2D eigenvalue weighted by Gasteiger charge is -2.17. The van der Waals surface area contributed by atoms with Crippen molar-refractivity contribution in [2.45, 2.75) is 6.42 Å². The first-order valence-electron chi connectivity index (χ1n) is 5.90. The Labute approximate surface area is 107 Å². The van der Waals surface area contributed by atoms with Crippen LogP contribution >= 0.6 is 11.6 Å². The van der Waals surface area contributed by atoms with Crippen molar-refractivity contribution >= 4 is 17.5 Å². The van der Waals surface area contributed by atoms with Crippen molar-refractivity contribution in [3.63, 3.8) is 0 Å². The summed E-state index contributed by atoms with van der Waals surface area (Å²) in [5, 5.41) is 3.69. The molecule has 1 amide bonds. The third-order valence-corrected chi connectivity index (χ3v) is 3.50. The van der Waals surface area contributed by atoms with Gasteiger partial charge in [-0.1, -0.05) is 23.7 Å². The van der Waals surface area contributed by atoms with Gasteiger partial charge in [0, 0.05) is 13.1 Å². The first-order valence-corrected chi connectivity index (χ1v) is 6.28. The molecular weight excluding hydrogens is 236 g/mol. The zero-order valence-corrected chi connectivity index (χ0v) is 10.7. The Kier molecular flexibility index (Phi) is 4.02. The molecule has 1 aliphatic rings. The van der Waals surface area contributed by atoms with E-state index in [-0.39, 0.29) is 5.91 Å². The van der Waals surface area contributed by atoms with Gasteiger partial charge >= 0.3 is 0 Å². The van der Waals surface area contributed by atoms with Gasteiger partial charge in [0.15, 0.2) is 0 Å². The quantitative estimate of drug-likeness (QED) is 0.893. The zero-order chi connectivity index (χ0) is 12.3. The number of nitrogens with one attached hydrogen (secondary N) is 1. The van der Waals surface area contributed by atoms with E-state index in [2.05, 4.69) is 5.32 Å². The average molecular weight is 253 g/mol. The van der Waals surface area contributed by atoms with Crippen molar-refractivity contribution < 1.29 is 4.79 Å². The summed E-state index contributed by atoms with van der Waals surface area (Å²) < 4.78 is 0. The van der Waals surface area contributed by atoms with E-state index in [1.807, 2.05) is 24.1 Å². The molecule has 1 N–H and O–H groups in total. The van der Waals surface area contributed by atoms with E-state index in [0.29, 0.717) is 16.5 Å². The summed E-state index contributed by atoms with van der Waals surface area (Å²) in [7, 11) is 1.94. The molecule has 1 saturated heterocycles. The molecule has 1 fully saturated rings. The van der Waals surface area contributed by atoms with Gasteiger partial charge in [-0.2, -0.15) is 0 Å². The van der Waals surface area contributed by atoms with Gasteiger partial charge in [-0.05, 0) is 38.1 Å². The Morgan fingerprint density at radius 1 is 1.53 bits per heavy atom. The van der Waals surface area contributed by atoms with E-state index >= 15 is 0 Å². The average Bonchev–Trinajstić information content (AvgIpc) is 2.78. The van der Waals surface area contributed by atoms with Gasteiger partial charge in [0.25, 0.3) is 5.91 Å². The highest BCUT2D eigenvalue weighted by Gasteiger charge is 2.27. The fourth-order valence-corrected chi connectivity index (χ4v) is 2.49. The first-order chi connectivity index (χ1) is 8.22. The summed E-state index contributed by atoms with van der Waals surface area (Å²) in [5.41, 5.74) is 0.610. The monoisotopic (exact) mass is 252 g/mol. The molecule has 1 aromatic rings. The SMILES string of the molecule is CNC[C@@H]1CCN(C(=O)c2ccccc2Cl)C1. The third kappa shape index (κ3) is 2.79. The minimum absolute atomic E-state index is 0.0502. The molecule has 3 nitrogen and oxygen atoms in total. The fraction of sp³-hybridized carbons (Fsp3) is 0.462. The molecule has 1 heterocycles. The Balaban J connectivity index is 2.05. The van der Waals surface area contributed by atoms with Gasteiger partial charge < -0.3 is 10.2 Å². The molecule has 1 aliphatic heterocycles. The predicted molar refractivity (Wildman–Crippen MR) is 69.4 cm³/mol. The minimum Gasteiger partial charge on any atom is -0.338 e. The second kappa shape index (κ2) is 5.52. The number of carbonyl (C=O) groups excluding carboxylic acids is 1. The molecule has 4 heteroatoms. The molecule has 0 aromatic heterocycles. The van der Waals surface area contributed by atoms with E-state index in [4.69, 9.17) is 11.6 Å². The van der Waals surface area contributed by atoms with Crippen LogP contribution in [-0.4, -0.2) is 37.5 Å². The van der Waals surface area contributed by atoms with Crippen LogP contribution in [0.5, 0.6) is 0 Å². The van der Waals surface area contributed by atoms with Gasteiger partial charge in [0.1, 0.15) is 0 Å². The second-order valence-corrected chi connectivity index (χ2v) is 4.85. The highest BCUT2D eigenvalue weighted by molar-refractivity contribution is 6.33. The van der Waals surface area contributed by atoms with E-state index in [1.165, 1.54) is 0 Å². The van der Waals surface area contributed by atoms with Crippen LogP contribution in [0.4, 0.5) is 0 Å². The maximum atomic E-state index is 12.2. The van der Waals surface area contributed by atoms with E-state index in [1.54, 1.807) is 12.1 Å². The lowest BCUT2D eigenvalue weighted by atomic mass is 10.1. The number of benzene rings is 1. The Bertz CT molecular complexity index is 408. The van der Waals surface area contributed by atoms with Crippen molar-refractivity contribution in [3.05, 3.63) is 34.9 Å². The highest BCUT2D eigenvalue weighted by atomic mass is 35.5. The molecule has 17 heavy (non-hydrogen) atoms. The number of likely N-dealkylation sites (tertiary alicyclic amines) is 1. The molecule has 0 spiro atoms. The maximum Gasteiger partial charge on any atom is 0.255 e. The molecule has 0 saturated carbocycles. The molecule has 0 bridgehead atoms. The van der Waals surface area contributed by atoms with Gasteiger partial charge in [0.05, 0.1) is 10.6 Å². The summed E-state index contributed by atoms with van der Waals surface area (Å²) in [6.07, 6.45) is 1.07. The molecular formula is C13H17ClN2O. The van der Waals surface area contributed by atoms with E-state index in [0.717, 1.165) is 26.1 Å². The topological polar surface area (TPSA) is 32.3 Å². The second-order valence-electron chi connectivity index (χ2n) is 4.44.